The predicted molar refractivity (Wildman–Crippen MR) is 123 cm³/mol. The van der Waals surface area contributed by atoms with Crippen LogP contribution in [0, 0.1) is 0 Å². The molecule has 2 N–H and O–H groups in total. The Hall–Kier alpha value is -2.89. The van der Waals surface area contributed by atoms with Crippen molar-refractivity contribution in [2.45, 2.75) is 25.3 Å². The minimum Gasteiger partial charge on any atom is -0.357 e. The van der Waals surface area contributed by atoms with Crippen molar-refractivity contribution in [1.29, 1.82) is 0 Å². The first kappa shape index (κ1) is 20.4. The molecule has 0 bridgehead atoms. The molecule has 0 aliphatic carbocycles. The number of benzene rings is 2. The van der Waals surface area contributed by atoms with E-state index in [2.05, 4.69) is 40.4 Å². The van der Waals surface area contributed by atoms with Gasteiger partial charge >= 0.3 is 0 Å². The van der Waals surface area contributed by atoms with Crippen LogP contribution in [0.4, 0.5) is 5.82 Å². The molecule has 3 heterocycles. The molecular formula is C24H25ClN4O. The van der Waals surface area contributed by atoms with Crippen LogP contribution in [0.1, 0.15) is 30.1 Å². The van der Waals surface area contributed by atoms with Gasteiger partial charge in [0.1, 0.15) is 11.5 Å². The number of hydrogen-bond donors (Lipinski definition) is 1. The number of aromatic nitrogens is 2. The zero-order chi connectivity index (χ0) is 19.6. The molecule has 4 aromatic rings. The molecule has 5 rings (SSSR count). The maximum atomic E-state index is 6.67. The highest BCUT2D eigenvalue weighted by atomic mass is 35.5. The molecule has 1 aliphatic heterocycles. The van der Waals surface area contributed by atoms with Crippen LogP contribution in [0.3, 0.4) is 0 Å². The van der Waals surface area contributed by atoms with Crippen LogP contribution in [-0.4, -0.2) is 23.2 Å². The second kappa shape index (κ2) is 8.86. The van der Waals surface area contributed by atoms with E-state index in [1.807, 2.05) is 36.4 Å². The van der Waals surface area contributed by atoms with Gasteiger partial charge in [0.05, 0.1) is 0 Å². The van der Waals surface area contributed by atoms with Crippen LogP contribution < -0.4 is 10.6 Å². The van der Waals surface area contributed by atoms with Gasteiger partial charge in [0.2, 0.25) is 0 Å². The zero-order valence-corrected chi connectivity index (χ0v) is 17.5. The highest BCUT2D eigenvalue weighted by molar-refractivity contribution is 5.92. The van der Waals surface area contributed by atoms with Gasteiger partial charge in [0.15, 0.2) is 5.58 Å². The van der Waals surface area contributed by atoms with E-state index in [1.165, 1.54) is 12.8 Å². The number of halogens is 1. The molecule has 30 heavy (non-hydrogen) atoms. The van der Waals surface area contributed by atoms with Gasteiger partial charge in [-0.3, -0.25) is 0 Å². The van der Waals surface area contributed by atoms with Crippen LogP contribution in [0.2, 0.25) is 0 Å². The maximum Gasteiger partial charge on any atom is 0.167 e. The van der Waals surface area contributed by atoms with Gasteiger partial charge in [-0.1, -0.05) is 47.6 Å². The average Bonchev–Trinajstić information content (AvgIpc) is 3.44. The number of anilines is 1. The lowest BCUT2D eigenvalue weighted by Gasteiger charge is -2.19. The third-order valence-corrected chi connectivity index (χ3v) is 5.64. The molecule has 1 saturated heterocycles. The van der Waals surface area contributed by atoms with E-state index in [-0.39, 0.29) is 18.4 Å². The Morgan fingerprint density at radius 2 is 1.70 bits per heavy atom. The largest absolute Gasteiger partial charge is 0.357 e. The molecule has 0 saturated carbocycles. The number of nitrogens with two attached hydrogens (primary N) is 1. The molecule has 0 spiro atoms. The number of fused-ring (bicyclic) bond motifs is 1. The Kier molecular flexibility index (Phi) is 6.02. The summed E-state index contributed by atoms with van der Waals surface area (Å²) in [4.78, 5) is 7.23. The Morgan fingerprint density at radius 1 is 0.933 bits per heavy atom. The van der Waals surface area contributed by atoms with Gasteiger partial charge in [0.25, 0.3) is 0 Å². The first-order chi connectivity index (χ1) is 14.3. The number of hydrogen-bond acceptors (Lipinski definition) is 5. The van der Waals surface area contributed by atoms with Gasteiger partial charge in [-0.05, 0) is 42.7 Å². The monoisotopic (exact) mass is 420 g/mol. The molecule has 2 aromatic carbocycles. The fourth-order valence-electron chi connectivity index (χ4n) is 4.15. The average molecular weight is 421 g/mol. The highest BCUT2D eigenvalue weighted by Crippen LogP contribution is 2.33. The van der Waals surface area contributed by atoms with E-state index >= 15 is 0 Å². The maximum absolute atomic E-state index is 6.67. The van der Waals surface area contributed by atoms with Crippen molar-refractivity contribution < 1.29 is 4.52 Å². The van der Waals surface area contributed by atoms with Gasteiger partial charge < -0.3 is 15.2 Å². The predicted octanol–water partition coefficient (Wildman–Crippen LogP) is 5.15. The number of nitrogens with zero attached hydrogens (tertiary/aromatic N) is 3. The Labute approximate surface area is 182 Å². The summed E-state index contributed by atoms with van der Waals surface area (Å²) in [5.74, 6) is 1.06. The summed E-state index contributed by atoms with van der Waals surface area (Å²) in [5, 5.41) is 5.33. The van der Waals surface area contributed by atoms with E-state index in [9.17, 15) is 0 Å². The van der Waals surface area contributed by atoms with E-state index < -0.39 is 0 Å². The summed E-state index contributed by atoms with van der Waals surface area (Å²) in [6, 6.07) is 22.2. The van der Waals surface area contributed by atoms with Crippen molar-refractivity contribution in [2.75, 3.05) is 18.0 Å². The smallest absolute Gasteiger partial charge is 0.167 e. The normalized spacial score (nSPS) is 14.6. The van der Waals surface area contributed by atoms with Crippen LogP contribution >= 0.6 is 12.4 Å². The van der Waals surface area contributed by atoms with Crippen LogP contribution in [0.15, 0.2) is 71.3 Å². The summed E-state index contributed by atoms with van der Waals surface area (Å²) in [7, 11) is 0. The Balaban J connectivity index is 0.00000218. The van der Waals surface area contributed by atoms with Crippen molar-refractivity contribution in [3.63, 3.8) is 0 Å². The molecule has 6 heteroatoms. The molecule has 1 unspecified atom stereocenters. The fourth-order valence-corrected chi connectivity index (χ4v) is 4.15. The lowest BCUT2D eigenvalue weighted by Crippen LogP contribution is -2.20. The topological polar surface area (TPSA) is 68.2 Å². The summed E-state index contributed by atoms with van der Waals surface area (Å²) in [6.07, 6.45) is 3.16. The zero-order valence-electron chi connectivity index (χ0n) is 16.7. The molecular weight excluding hydrogens is 396 g/mol. The number of para-hydroxylation sites is 1. The van der Waals surface area contributed by atoms with Gasteiger partial charge in [-0.15, -0.1) is 12.4 Å². The van der Waals surface area contributed by atoms with E-state index in [4.69, 9.17) is 15.2 Å². The van der Waals surface area contributed by atoms with E-state index in [0.29, 0.717) is 6.42 Å². The quantitative estimate of drug-likeness (QED) is 0.483. The van der Waals surface area contributed by atoms with Gasteiger partial charge in [-0.25, -0.2) is 4.98 Å². The second-order valence-electron chi connectivity index (χ2n) is 7.61. The Morgan fingerprint density at radius 3 is 2.57 bits per heavy atom. The van der Waals surface area contributed by atoms with Crippen LogP contribution in [0.5, 0.6) is 0 Å². The molecule has 0 amide bonds. The van der Waals surface area contributed by atoms with Crippen molar-refractivity contribution in [1.82, 2.24) is 10.1 Å². The van der Waals surface area contributed by atoms with Crippen molar-refractivity contribution in [3.05, 3.63) is 78.0 Å². The van der Waals surface area contributed by atoms with Crippen LogP contribution in [0.25, 0.3) is 22.2 Å². The molecule has 1 fully saturated rings. The minimum atomic E-state index is -0.178. The molecule has 1 atom stereocenters. The second-order valence-corrected chi connectivity index (χ2v) is 7.61. The first-order valence-electron chi connectivity index (χ1n) is 10.2. The standard InChI is InChI=1S/C24H24N4O.ClH/c25-21(16-17-8-7-13-23(26-17)28-14-5-6-15-28)18-9-1-2-10-19(18)24-20-11-3-4-12-22(20)29-27-24;/h1-4,7-13,21H,5-6,14-16,25H2;1H. The molecule has 5 nitrogen and oxygen atoms in total. The third-order valence-electron chi connectivity index (χ3n) is 5.64. The van der Waals surface area contributed by atoms with Crippen LogP contribution in [-0.2, 0) is 6.42 Å². The number of pyridine rings is 1. The number of rotatable bonds is 5. The molecule has 2 aromatic heterocycles. The fraction of sp³-hybridized carbons (Fsp3) is 0.250. The van der Waals surface area contributed by atoms with E-state index in [0.717, 1.165) is 52.4 Å². The summed E-state index contributed by atoms with van der Waals surface area (Å²) < 4.78 is 5.52. The molecule has 0 radical (unpaired) electrons. The third kappa shape index (κ3) is 3.91. The summed E-state index contributed by atoms with van der Waals surface area (Å²) in [6.45, 7) is 2.18. The van der Waals surface area contributed by atoms with Gasteiger partial charge in [0, 0.05) is 42.2 Å². The highest BCUT2D eigenvalue weighted by Gasteiger charge is 2.19. The molecule has 154 valence electrons. The summed E-state index contributed by atoms with van der Waals surface area (Å²) in [5.41, 5.74) is 11.4. The minimum absolute atomic E-state index is 0. The van der Waals surface area contributed by atoms with E-state index in [1.54, 1.807) is 0 Å². The summed E-state index contributed by atoms with van der Waals surface area (Å²) >= 11 is 0. The van der Waals surface area contributed by atoms with Crippen molar-refractivity contribution >= 4 is 29.2 Å². The lowest BCUT2D eigenvalue weighted by molar-refractivity contribution is 0.459. The van der Waals surface area contributed by atoms with Crippen molar-refractivity contribution in [2.24, 2.45) is 5.73 Å². The molecule has 1 aliphatic rings. The SMILES string of the molecule is Cl.NC(Cc1cccc(N2CCCC2)n1)c1ccccc1-c1noc2ccccc12. The van der Waals surface area contributed by atoms with Crippen molar-refractivity contribution in [3.8, 4) is 11.3 Å². The first-order valence-corrected chi connectivity index (χ1v) is 10.2. The van der Waals surface area contributed by atoms with Gasteiger partial charge in [-0.2, -0.15) is 0 Å². The Bertz CT molecular complexity index is 1140. The lowest BCUT2D eigenvalue weighted by atomic mass is 9.94.